The van der Waals surface area contributed by atoms with E-state index in [0.717, 1.165) is 30.4 Å². The molecule has 0 saturated carbocycles. The van der Waals surface area contributed by atoms with Crippen LogP contribution >= 0.6 is 11.6 Å². The van der Waals surface area contributed by atoms with Gasteiger partial charge in [-0.25, -0.2) is 9.29 Å². The molecule has 1 unspecified atom stereocenters. The molecule has 0 aliphatic heterocycles. The van der Waals surface area contributed by atoms with Crippen molar-refractivity contribution < 1.29 is 18.3 Å². The van der Waals surface area contributed by atoms with Crippen LogP contribution < -0.4 is 4.74 Å². The van der Waals surface area contributed by atoms with Crippen molar-refractivity contribution in [3.8, 4) is 5.75 Å². The van der Waals surface area contributed by atoms with Crippen LogP contribution in [0.2, 0.25) is 5.02 Å². The first-order valence-corrected chi connectivity index (χ1v) is 12.4. The Morgan fingerprint density at radius 2 is 2.00 bits per heavy atom. The van der Waals surface area contributed by atoms with Gasteiger partial charge in [0.05, 0.1) is 24.4 Å². The highest BCUT2D eigenvalue weighted by atomic mass is 35.5. The standard InChI is InChI=1S/C25H28ClN3O4S/c1-3-4-8-15-33-22-12-11-21(23(26)16-22)17-28-18-24(27-19(28)2)25(30)29(34(31)32)14-13-20-9-6-5-7-10-20/h5-7,9-14,16,18H,3-4,8,15,17H2,1-2H3,(H,31,32)/p-1/b14-13+. The Labute approximate surface area is 207 Å². The van der Waals surface area contributed by atoms with E-state index in [0.29, 0.717) is 34.1 Å². The predicted molar refractivity (Wildman–Crippen MR) is 133 cm³/mol. The summed E-state index contributed by atoms with van der Waals surface area (Å²) in [5, 5.41) is 0.544. The first kappa shape index (κ1) is 25.7. The zero-order valence-corrected chi connectivity index (χ0v) is 20.7. The van der Waals surface area contributed by atoms with Crippen LogP contribution in [0.5, 0.6) is 5.75 Å². The first-order valence-electron chi connectivity index (χ1n) is 11.0. The zero-order valence-electron chi connectivity index (χ0n) is 19.1. The van der Waals surface area contributed by atoms with Gasteiger partial charge in [-0.3, -0.25) is 9.00 Å². The number of unbranched alkanes of at least 4 members (excludes halogenated alkanes) is 2. The molecule has 0 aliphatic rings. The SMILES string of the molecule is CCCCCOc1ccc(Cn2cc(C(=O)N(/C=C/c3ccccc3)S(=O)[O-])nc2C)c(Cl)c1. The number of halogens is 1. The number of hydrogen-bond donors (Lipinski definition) is 0. The number of amides is 1. The maximum atomic E-state index is 12.8. The summed E-state index contributed by atoms with van der Waals surface area (Å²) in [5.74, 6) is 0.522. The fourth-order valence-corrected chi connectivity index (χ4v) is 3.88. The normalized spacial score (nSPS) is 12.1. The van der Waals surface area contributed by atoms with Crippen molar-refractivity contribution in [2.45, 2.75) is 39.7 Å². The van der Waals surface area contributed by atoms with Gasteiger partial charge in [0, 0.05) is 17.4 Å². The minimum absolute atomic E-state index is 0.0198. The highest BCUT2D eigenvalue weighted by Gasteiger charge is 2.19. The smallest absolute Gasteiger partial charge is 0.289 e. The molecule has 3 aromatic rings. The minimum atomic E-state index is -2.79. The van der Waals surface area contributed by atoms with Crippen LogP contribution in [0.15, 0.2) is 60.9 Å². The predicted octanol–water partition coefficient (Wildman–Crippen LogP) is 5.37. The van der Waals surface area contributed by atoms with Gasteiger partial charge in [-0.1, -0.05) is 67.8 Å². The molecule has 180 valence electrons. The lowest BCUT2D eigenvalue weighted by Gasteiger charge is -2.19. The van der Waals surface area contributed by atoms with E-state index < -0.39 is 17.2 Å². The van der Waals surface area contributed by atoms with E-state index in [1.807, 2.05) is 30.3 Å². The summed E-state index contributed by atoms with van der Waals surface area (Å²) in [7, 11) is 0. The van der Waals surface area contributed by atoms with Gasteiger partial charge in [-0.05, 0) is 42.7 Å². The number of carbonyl (C=O) groups is 1. The number of carbonyl (C=O) groups excluding carboxylic acids is 1. The molecule has 0 radical (unpaired) electrons. The maximum absolute atomic E-state index is 12.8. The van der Waals surface area contributed by atoms with E-state index in [9.17, 15) is 13.6 Å². The topological polar surface area (TPSA) is 87.5 Å². The van der Waals surface area contributed by atoms with Crippen molar-refractivity contribution in [2.24, 2.45) is 0 Å². The van der Waals surface area contributed by atoms with Gasteiger partial charge in [-0.2, -0.15) is 0 Å². The third-order valence-corrected chi connectivity index (χ3v) is 6.10. The van der Waals surface area contributed by atoms with Crippen LogP contribution in [0, 0.1) is 6.92 Å². The maximum Gasteiger partial charge on any atom is 0.289 e. The van der Waals surface area contributed by atoms with E-state index in [2.05, 4.69) is 11.9 Å². The third kappa shape index (κ3) is 7.03. The van der Waals surface area contributed by atoms with E-state index in [4.69, 9.17) is 16.3 Å². The van der Waals surface area contributed by atoms with Crippen LogP contribution in [-0.4, -0.2) is 35.1 Å². The average molecular weight is 501 g/mol. The molecule has 3 rings (SSSR count). The molecule has 0 bridgehead atoms. The van der Waals surface area contributed by atoms with Gasteiger partial charge < -0.3 is 13.9 Å². The molecule has 2 aromatic carbocycles. The van der Waals surface area contributed by atoms with Crippen molar-refractivity contribution in [1.82, 2.24) is 13.9 Å². The first-order chi connectivity index (χ1) is 16.4. The van der Waals surface area contributed by atoms with E-state index in [1.165, 1.54) is 12.4 Å². The van der Waals surface area contributed by atoms with Crippen LogP contribution in [0.1, 0.15) is 53.6 Å². The third-order valence-electron chi connectivity index (χ3n) is 5.14. The molecule has 0 N–H and O–H groups in total. The number of hydrogen-bond acceptors (Lipinski definition) is 5. The Hall–Kier alpha value is -2.94. The molecule has 1 aromatic heterocycles. The highest BCUT2D eigenvalue weighted by Crippen LogP contribution is 2.24. The number of ether oxygens (including phenoxy) is 1. The second-order valence-corrected chi connectivity index (χ2v) is 8.92. The number of benzene rings is 2. The largest absolute Gasteiger partial charge is 0.755 e. The number of nitrogens with zero attached hydrogens (tertiary/aromatic N) is 3. The fourth-order valence-electron chi connectivity index (χ4n) is 3.26. The fraction of sp³-hybridized carbons (Fsp3) is 0.280. The lowest BCUT2D eigenvalue weighted by Crippen LogP contribution is -2.27. The van der Waals surface area contributed by atoms with Gasteiger partial charge in [0.25, 0.3) is 5.91 Å². The van der Waals surface area contributed by atoms with Gasteiger partial charge in [-0.15, -0.1) is 0 Å². The van der Waals surface area contributed by atoms with Gasteiger partial charge in [0.2, 0.25) is 0 Å². The molecule has 0 saturated heterocycles. The number of aryl methyl sites for hydroxylation is 1. The Kier molecular flexibility index (Phi) is 9.44. The summed E-state index contributed by atoms with van der Waals surface area (Å²) in [6.07, 6.45) is 7.52. The molecule has 7 nitrogen and oxygen atoms in total. The monoisotopic (exact) mass is 500 g/mol. The second-order valence-electron chi connectivity index (χ2n) is 7.68. The molecule has 1 amide bonds. The number of imidazole rings is 1. The van der Waals surface area contributed by atoms with Crippen molar-refractivity contribution in [3.63, 3.8) is 0 Å². The summed E-state index contributed by atoms with van der Waals surface area (Å²) >= 11 is 3.66. The molecular weight excluding hydrogens is 474 g/mol. The number of rotatable bonds is 11. The summed E-state index contributed by atoms with van der Waals surface area (Å²) in [4.78, 5) is 17.1. The van der Waals surface area contributed by atoms with Gasteiger partial charge in [0.15, 0.2) is 0 Å². The van der Waals surface area contributed by atoms with Crippen LogP contribution in [-0.2, 0) is 17.8 Å². The average Bonchev–Trinajstić information content (AvgIpc) is 3.19. The molecule has 34 heavy (non-hydrogen) atoms. The summed E-state index contributed by atoms with van der Waals surface area (Å²) in [6.45, 7) is 4.91. The highest BCUT2D eigenvalue weighted by molar-refractivity contribution is 7.77. The Morgan fingerprint density at radius 1 is 1.24 bits per heavy atom. The van der Waals surface area contributed by atoms with Crippen molar-refractivity contribution in [3.05, 3.63) is 88.6 Å². The second kappa shape index (κ2) is 12.5. The summed E-state index contributed by atoms with van der Waals surface area (Å²) in [6, 6.07) is 14.6. The molecule has 9 heteroatoms. The van der Waals surface area contributed by atoms with Gasteiger partial charge >= 0.3 is 0 Å². The Bertz CT molecular complexity index is 1160. The van der Waals surface area contributed by atoms with Gasteiger partial charge in [0.1, 0.15) is 17.3 Å². The summed E-state index contributed by atoms with van der Waals surface area (Å²) < 4.78 is 31.5. The molecule has 0 fully saturated rings. The molecular formula is C25H27ClN3O4S-. The number of aromatic nitrogens is 2. The molecule has 1 heterocycles. The molecule has 0 spiro atoms. The van der Waals surface area contributed by atoms with E-state index in [-0.39, 0.29) is 5.69 Å². The van der Waals surface area contributed by atoms with Crippen molar-refractivity contribution in [1.29, 1.82) is 0 Å². The van der Waals surface area contributed by atoms with Crippen LogP contribution in [0.4, 0.5) is 0 Å². The van der Waals surface area contributed by atoms with Crippen LogP contribution in [0.3, 0.4) is 0 Å². The Balaban J connectivity index is 1.72. The Morgan fingerprint density at radius 3 is 2.68 bits per heavy atom. The quantitative estimate of drug-likeness (QED) is 0.261. The summed E-state index contributed by atoms with van der Waals surface area (Å²) in [5.41, 5.74) is 1.61. The minimum Gasteiger partial charge on any atom is -0.755 e. The van der Waals surface area contributed by atoms with Crippen molar-refractivity contribution >= 4 is 34.9 Å². The van der Waals surface area contributed by atoms with Crippen molar-refractivity contribution in [2.75, 3.05) is 6.61 Å². The zero-order chi connectivity index (χ0) is 24.5. The molecule has 0 aliphatic carbocycles. The van der Waals surface area contributed by atoms with Crippen LogP contribution in [0.25, 0.3) is 6.08 Å². The lowest BCUT2D eigenvalue weighted by molar-refractivity contribution is 0.0892. The molecule has 1 atom stereocenters. The van der Waals surface area contributed by atoms with E-state index in [1.54, 1.807) is 35.8 Å². The van der Waals surface area contributed by atoms with E-state index >= 15 is 0 Å². The lowest BCUT2D eigenvalue weighted by atomic mass is 10.2.